The van der Waals surface area contributed by atoms with Crippen LogP contribution in [0.2, 0.25) is 0 Å². The molecule has 1 aromatic rings. The molecular formula is C15H23N3O2. The molecule has 1 fully saturated rings. The fourth-order valence-corrected chi connectivity index (χ4v) is 2.60. The van der Waals surface area contributed by atoms with Crippen molar-refractivity contribution in [3.8, 4) is 0 Å². The number of hydrogen-bond donors (Lipinski definition) is 2. The Kier molecular flexibility index (Phi) is 4.30. The molecule has 5 nitrogen and oxygen atoms in total. The molecule has 1 aromatic carbocycles. The van der Waals surface area contributed by atoms with E-state index in [1.54, 1.807) is 24.1 Å². The van der Waals surface area contributed by atoms with E-state index in [1.807, 2.05) is 24.0 Å². The highest BCUT2D eigenvalue weighted by Gasteiger charge is 2.29. The number of nitrogens with zero attached hydrogens (tertiary/aromatic N) is 2. The molecule has 0 aromatic heterocycles. The van der Waals surface area contributed by atoms with Crippen LogP contribution in [0.15, 0.2) is 24.3 Å². The van der Waals surface area contributed by atoms with E-state index in [1.165, 1.54) is 0 Å². The lowest BCUT2D eigenvalue weighted by Gasteiger charge is -2.37. The molecule has 3 N–H and O–H groups in total. The predicted octanol–water partition coefficient (Wildman–Crippen LogP) is 1.08. The number of anilines is 2. The van der Waals surface area contributed by atoms with Gasteiger partial charge in [0.15, 0.2) is 0 Å². The molecule has 1 amide bonds. The summed E-state index contributed by atoms with van der Waals surface area (Å²) in [5.41, 5.74) is 6.47. The summed E-state index contributed by atoms with van der Waals surface area (Å²) in [4.78, 5) is 15.9. The van der Waals surface area contributed by atoms with Crippen molar-refractivity contribution in [3.05, 3.63) is 24.3 Å². The number of nitrogen functional groups attached to an aromatic ring is 1. The third-order valence-corrected chi connectivity index (χ3v) is 3.77. The van der Waals surface area contributed by atoms with Crippen LogP contribution in [-0.2, 0) is 4.79 Å². The number of rotatable bonds is 3. The van der Waals surface area contributed by atoms with Gasteiger partial charge in [-0.25, -0.2) is 0 Å². The van der Waals surface area contributed by atoms with Crippen molar-refractivity contribution in [1.82, 2.24) is 4.90 Å². The number of likely N-dealkylation sites (tertiary alicyclic amines) is 1. The van der Waals surface area contributed by atoms with Crippen LogP contribution in [-0.4, -0.2) is 48.2 Å². The molecule has 0 bridgehead atoms. The smallest absolute Gasteiger partial charge is 0.240 e. The van der Waals surface area contributed by atoms with E-state index in [0.29, 0.717) is 18.8 Å². The summed E-state index contributed by atoms with van der Waals surface area (Å²) in [6.07, 6.45) is 1.72. The third kappa shape index (κ3) is 3.71. The Morgan fingerprint density at radius 2 is 2.10 bits per heavy atom. The second kappa shape index (κ2) is 5.81. The van der Waals surface area contributed by atoms with Crippen LogP contribution in [0.4, 0.5) is 11.4 Å². The Bertz CT molecular complexity index is 471. The summed E-state index contributed by atoms with van der Waals surface area (Å²) in [6.45, 7) is 3.57. The Hall–Kier alpha value is -1.59. The van der Waals surface area contributed by atoms with Gasteiger partial charge in [0, 0.05) is 25.0 Å². The SMILES string of the molecule is CN(C(=O)CN1CCCC(C)(O)C1)c1ccc(N)cc1. The van der Waals surface area contributed by atoms with Crippen molar-refractivity contribution in [3.63, 3.8) is 0 Å². The normalized spacial score (nSPS) is 23.6. The summed E-state index contributed by atoms with van der Waals surface area (Å²) in [7, 11) is 1.76. The first-order valence-electron chi connectivity index (χ1n) is 6.94. The molecular weight excluding hydrogens is 254 g/mol. The number of piperidine rings is 1. The monoisotopic (exact) mass is 277 g/mol. The number of nitrogens with two attached hydrogens (primary N) is 1. The van der Waals surface area contributed by atoms with Crippen molar-refractivity contribution in [2.75, 3.05) is 37.3 Å². The molecule has 1 atom stereocenters. The Labute approximate surface area is 120 Å². The fourth-order valence-electron chi connectivity index (χ4n) is 2.60. The van der Waals surface area contributed by atoms with Crippen LogP contribution in [0, 0.1) is 0 Å². The molecule has 2 rings (SSSR count). The zero-order valence-corrected chi connectivity index (χ0v) is 12.2. The summed E-state index contributed by atoms with van der Waals surface area (Å²) in [5, 5.41) is 10.1. The molecule has 1 unspecified atom stereocenters. The summed E-state index contributed by atoms with van der Waals surface area (Å²) in [6, 6.07) is 7.23. The molecule has 1 aliphatic heterocycles. The Morgan fingerprint density at radius 3 is 2.70 bits per heavy atom. The van der Waals surface area contributed by atoms with E-state index >= 15 is 0 Å². The fraction of sp³-hybridized carbons (Fsp3) is 0.533. The first-order chi connectivity index (χ1) is 9.37. The van der Waals surface area contributed by atoms with E-state index in [2.05, 4.69) is 0 Å². The first-order valence-corrected chi connectivity index (χ1v) is 6.94. The standard InChI is InChI=1S/C15H23N3O2/c1-15(20)8-3-9-18(11-15)10-14(19)17(2)13-6-4-12(16)5-7-13/h4-7,20H,3,8-11,16H2,1-2H3. The predicted molar refractivity (Wildman–Crippen MR) is 80.6 cm³/mol. The van der Waals surface area contributed by atoms with E-state index in [4.69, 9.17) is 5.73 Å². The average Bonchev–Trinajstić information content (AvgIpc) is 2.37. The lowest BCUT2D eigenvalue weighted by molar-refractivity contribution is -0.121. The van der Waals surface area contributed by atoms with E-state index in [0.717, 1.165) is 25.1 Å². The number of amides is 1. The largest absolute Gasteiger partial charge is 0.399 e. The minimum Gasteiger partial charge on any atom is -0.399 e. The number of likely N-dealkylation sites (N-methyl/N-ethyl adjacent to an activating group) is 1. The molecule has 1 heterocycles. The summed E-state index contributed by atoms with van der Waals surface area (Å²) < 4.78 is 0. The highest BCUT2D eigenvalue weighted by atomic mass is 16.3. The number of hydrogen-bond acceptors (Lipinski definition) is 4. The molecule has 110 valence electrons. The van der Waals surface area contributed by atoms with Crippen molar-refractivity contribution >= 4 is 17.3 Å². The maximum Gasteiger partial charge on any atom is 0.240 e. The zero-order valence-electron chi connectivity index (χ0n) is 12.2. The zero-order chi connectivity index (χ0) is 14.8. The van der Waals surface area contributed by atoms with Crippen molar-refractivity contribution in [2.45, 2.75) is 25.4 Å². The molecule has 1 saturated heterocycles. The van der Waals surface area contributed by atoms with Crippen LogP contribution in [0.3, 0.4) is 0 Å². The first kappa shape index (κ1) is 14.8. The summed E-state index contributed by atoms with van der Waals surface area (Å²) in [5.74, 6) is 0.0208. The highest BCUT2D eigenvalue weighted by Crippen LogP contribution is 2.21. The van der Waals surface area contributed by atoms with Gasteiger partial charge in [-0.05, 0) is 50.6 Å². The van der Waals surface area contributed by atoms with Crippen LogP contribution in [0.1, 0.15) is 19.8 Å². The number of carbonyl (C=O) groups excluding carboxylic acids is 1. The lowest BCUT2D eigenvalue weighted by atomic mass is 9.95. The lowest BCUT2D eigenvalue weighted by Crippen LogP contribution is -2.49. The Morgan fingerprint density at radius 1 is 1.45 bits per heavy atom. The average molecular weight is 277 g/mol. The molecule has 0 aliphatic carbocycles. The molecule has 20 heavy (non-hydrogen) atoms. The topological polar surface area (TPSA) is 69.8 Å². The van der Waals surface area contributed by atoms with Gasteiger partial charge in [-0.15, -0.1) is 0 Å². The number of aliphatic hydroxyl groups is 1. The van der Waals surface area contributed by atoms with Gasteiger partial charge >= 0.3 is 0 Å². The van der Waals surface area contributed by atoms with Gasteiger partial charge < -0.3 is 15.7 Å². The molecule has 5 heteroatoms. The van der Waals surface area contributed by atoms with Gasteiger partial charge in [0.05, 0.1) is 12.1 Å². The maximum absolute atomic E-state index is 12.3. The summed E-state index contributed by atoms with van der Waals surface area (Å²) >= 11 is 0. The minimum atomic E-state index is -0.682. The van der Waals surface area contributed by atoms with Crippen LogP contribution in [0.25, 0.3) is 0 Å². The minimum absolute atomic E-state index is 0.0208. The van der Waals surface area contributed by atoms with Gasteiger partial charge in [-0.2, -0.15) is 0 Å². The van der Waals surface area contributed by atoms with Gasteiger partial charge in [0.2, 0.25) is 5.91 Å². The number of carbonyl (C=O) groups is 1. The molecule has 0 radical (unpaired) electrons. The van der Waals surface area contributed by atoms with Crippen LogP contribution >= 0.6 is 0 Å². The van der Waals surface area contributed by atoms with E-state index in [9.17, 15) is 9.90 Å². The Balaban J connectivity index is 1.95. The van der Waals surface area contributed by atoms with Crippen molar-refractivity contribution < 1.29 is 9.90 Å². The van der Waals surface area contributed by atoms with E-state index in [-0.39, 0.29) is 5.91 Å². The van der Waals surface area contributed by atoms with Gasteiger partial charge in [0.1, 0.15) is 0 Å². The number of β-amino-alcohol motifs (C(OH)–C–C–N with tert-alkyl or cyclic N) is 1. The van der Waals surface area contributed by atoms with Crippen molar-refractivity contribution in [1.29, 1.82) is 0 Å². The van der Waals surface area contributed by atoms with E-state index < -0.39 is 5.60 Å². The molecule has 0 spiro atoms. The second-order valence-electron chi connectivity index (χ2n) is 5.86. The van der Waals surface area contributed by atoms with Gasteiger partial charge in [-0.3, -0.25) is 9.69 Å². The highest BCUT2D eigenvalue weighted by molar-refractivity contribution is 5.94. The quantitative estimate of drug-likeness (QED) is 0.811. The van der Waals surface area contributed by atoms with Gasteiger partial charge in [0.25, 0.3) is 0 Å². The molecule has 1 aliphatic rings. The van der Waals surface area contributed by atoms with Crippen LogP contribution in [0.5, 0.6) is 0 Å². The molecule has 0 saturated carbocycles. The van der Waals surface area contributed by atoms with Crippen molar-refractivity contribution in [2.24, 2.45) is 0 Å². The van der Waals surface area contributed by atoms with Crippen LogP contribution < -0.4 is 10.6 Å². The second-order valence-corrected chi connectivity index (χ2v) is 5.86. The third-order valence-electron chi connectivity index (χ3n) is 3.77. The maximum atomic E-state index is 12.3. The van der Waals surface area contributed by atoms with Gasteiger partial charge in [-0.1, -0.05) is 0 Å². The number of benzene rings is 1.